The molecular weight excluding hydrogens is 284 g/mol. The quantitative estimate of drug-likeness (QED) is 0.674. The van der Waals surface area contributed by atoms with Gasteiger partial charge < -0.3 is 5.11 Å². The van der Waals surface area contributed by atoms with Crippen LogP contribution >= 0.6 is 11.8 Å². The number of hydrogen-bond donors (Lipinski definition) is 1. The van der Waals surface area contributed by atoms with Crippen LogP contribution in [0.4, 0.5) is 0 Å². The minimum atomic E-state index is -0.953. The molecule has 1 fully saturated rings. The molecule has 1 aliphatic rings. The van der Waals surface area contributed by atoms with Crippen LogP contribution in [0.3, 0.4) is 0 Å². The van der Waals surface area contributed by atoms with Crippen molar-refractivity contribution in [1.29, 1.82) is 0 Å². The van der Waals surface area contributed by atoms with Crippen molar-refractivity contribution in [2.75, 3.05) is 0 Å². The lowest BCUT2D eigenvalue weighted by molar-refractivity contribution is 0.0690. The number of carboxylic acid groups (broad SMARTS) is 1. The molecule has 0 spiro atoms. The Morgan fingerprint density at radius 3 is 2.62 bits per heavy atom. The summed E-state index contributed by atoms with van der Waals surface area (Å²) >= 11 is 1.47. The second-order valence-corrected chi connectivity index (χ2v) is 6.17. The lowest BCUT2D eigenvalue weighted by atomic mass is 10.2. The summed E-state index contributed by atoms with van der Waals surface area (Å²) in [4.78, 5) is 20.3. The van der Waals surface area contributed by atoms with E-state index in [0.717, 1.165) is 24.2 Å². The summed E-state index contributed by atoms with van der Waals surface area (Å²) in [6, 6.07) is 9.99. The number of rotatable bonds is 5. The Morgan fingerprint density at radius 1 is 1.29 bits per heavy atom. The number of benzene rings is 1. The molecular formula is C16H16N2O2S. The van der Waals surface area contributed by atoms with Crippen LogP contribution in [0.5, 0.6) is 0 Å². The number of aromatic nitrogens is 2. The lowest BCUT2D eigenvalue weighted by Crippen LogP contribution is -2.09. The summed E-state index contributed by atoms with van der Waals surface area (Å²) in [6.07, 6.45) is 2.21. The second kappa shape index (κ2) is 5.85. The number of thioether (sulfide) groups is 1. The van der Waals surface area contributed by atoms with Crippen molar-refractivity contribution in [3.05, 3.63) is 53.0 Å². The Morgan fingerprint density at radius 2 is 2.00 bits per heavy atom. The maximum absolute atomic E-state index is 11.5. The molecule has 2 aromatic rings. The maximum atomic E-state index is 11.5. The van der Waals surface area contributed by atoms with Gasteiger partial charge in [-0.05, 0) is 25.3 Å². The fourth-order valence-corrected chi connectivity index (χ4v) is 3.20. The smallest absolute Gasteiger partial charge is 0.340 e. The van der Waals surface area contributed by atoms with Gasteiger partial charge in [0, 0.05) is 11.7 Å². The van der Waals surface area contributed by atoms with Gasteiger partial charge in [-0.2, -0.15) is 0 Å². The van der Waals surface area contributed by atoms with Gasteiger partial charge in [0.25, 0.3) is 0 Å². The van der Waals surface area contributed by atoms with E-state index in [2.05, 4.69) is 9.97 Å². The molecule has 4 nitrogen and oxygen atoms in total. The number of carbonyl (C=O) groups is 1. The largest absolute Gasteiger partial charge is 0.478 e. The lowest BCUT2D eigenvalue weighted by Gasteiger charge is -2.10. The fraction of sp³-hybridized carbons (Fsp3) is 0.312. The Labute approximate surface area is 127 Å². The number of nitrogens with zero attached hydrogens (tertiary/aromatic N) is 2. The van der Waals surface area contributed by atoms with E-state index in [0.29, 0.717) is 22.4 Å². The highest BCUT2D eigenvalue weighted by Gasteiger charge is 2.29. The molecule has 0 amide bonds. The van der Waals surface area contributed by atoms with Crippen molar-refractivity contribution in [3.63, 3.8) is 0 Å². The molecule has 21 heavy (non-hydrogen) atoms. The van der Waals surface area contributed by atoms with E-state index in [-0.39, 0.29) is 5.56 Å². The molecule has 108 valence electrons. The van der Waals surface area contributed by atoms with Crippen LogP contribution < -0.4 is 0 Å². The van der Waals surface area contributed by atoms with Gasteiger partial charge in [0.05, 0.1) is 5.69 Å². The highest BCUT2D eigenvalue weighted by Crippen LogP contribution is 2.39. The minimum Gasteiger partial charge on any atom is -0.478 e. The third-order valence-electron chi connectivity index (χ3n) is 3.45. The number of hydrogen-bond acceptors (Lipinski definition) is 4. The molecule has 3 rings (SSSR count). The van der Waals surface area contributed by atoms with E-state index in [9.17, 15) is 9.90 Å². The van der Waals surface area contributed by atoms with Crippen LogP contribution in [0, 0.1) is 6.92 Å². The maximum Gasteiger partial charge on any atom is 0.340 e. The van der Waals surface area contributed by atoms with Crippen molar-refractivity contribution < 1.29 is 9.90 Å². The van der Waals surface area contributed by atoms with Crippen molar-refractivity contribution in [2.24, 2.45) is 0 Å². The second-order valence-electron chi connectivity index (χ2n) is 5.20. The topological polar surface area (TPSA) is 63.1 Å². The first-order valence-corrected chi connectivity index (χ1v) is 7.92. The van der Waals surface area contributed by atoms with Crippen LogP contribution in [0.25, 0.3) is 0 Å². The van der Waals surface area contributed by atoms with Crippen LogP contribution in [0.15, 0.2) is 35.4 Å². The zero-order valence-corrected chi connectivity index (χ0v) is 12.6. The van der Waals surface area contributed by atoms with Gasteiger partial charge in [-0.15, -0.1) is 11.8 Å². The molecule has 5 heteroatoms. The third-order valence-corrected chi connectivity index (χ3v) is 4.50. The first kappa shape index (κ1) is 14.1. The molecule has 0 unspecified atom stereocenters. The number of carboxylic acids is 1. The van der Waals surface area contributed by atoms with Crippen LogP contribution in [-0.2, 0) is 5.75 Å². The predicted octanol–water partition coefficient (Wildman–Crippen LogP) is 3.65. The predicted molar refractivity (Wildman–Crippen MR) is 81.7 cm³/mol. The van der Waals surface area contributed by atoms with Gasteiger partial charge in [0.2, 0.25) is 0 Å². The van der Waals surface area contributed by atoms with E-state index < -0.39 is 5.97 Å². The van der Waals surface area contributed by atoms with Gasteiger partial charge >= 0.3 is 5.97 Å². The first-order valence-electron chi connectivity index (χ1n) is 6.93. The molecule has 1 saturated carbocycles. The monoisotopic (exact) mass is 300 g/mol. The fourth-order valence-electron chi connectivity index (χ4n) is 2.17. The Hall–Kier alpha value is -1.88. The zero-order chi connectivity index (χ0) is 14.8. The molecule has 1 N–H and O–H groups in total. The first-order chi connectivity index (χ1) is 10.1. The molecule has 1 aromatic heterocycles. The molecule has 1 aromatic carbocycles. The van der Waals surface area contributed by atoms with Gasteiger partial charge in [0.15, 0.2) is 0 Å². The molecule has 1 aliphatic carbocycles. The molecule has 1 heterocycles. The van der Waals surface area contributed by atoms with Crippen LogP contribution in [0.1, 0.15) is 46.2 Å². The van der Waals surface area contributed by atoms with Crippen molar-refractivity contribution in [3.8, 4) is 0 Å². The van der Waals surface area contributed by atoms with E-state index in [4.69, 9.17) is 0 Å². The summed E-state index contributed by atoms with van der Waals surface area (Å²) < 4.78 is 0. The van der Waals surface area contributed by atoms with E-state index >= 15 is 0 Å². The van der Waals surface area contributed by atoms with Crippen molar-refractivity contribution in [2.45, 2.75) is 36.5 Å². The summed E-state index contributed by atoms with van der Waals surface area (Å²) in [5, 5.41) is 9.98. The highest BCUT2D eigenvalue weighted by molar-refractivity contribution is 7.98. The third kappa shape index (κ3) is 3.24. The summed E-state index contributed by atoms with van der Waals surface area (Å²) in [7, 11) is 0. The molecule has 0 atom stereocenters. The molecule has 0 aliphatic heterocycles. The number of aromatic carboxylic acids is 1. The summed E-state index contributed by atoms with van der Waals surface area (Å²) in [5.41, 5.74) is 1.96. The highest BCUT2D eigenvalue weighted by atomic mass is 32.2. The van der Waals surface area contributed by atoms with Gasteiger partial charge in [-0.3, -0.25) is 0 Å². The summed E-state index contributed by atoms with van der Waals surface area (Å²) in [6.45, 7) is 1.75. The standard InChI is InChI=1S/C16H16N2O2S/c1-10-13(16(19)20)15(18-14(17-10)12-7-8-12)21-9-11-5-3-2-4-6-11/h2-6,12H,7-9H2,1H3,(H,19,20). The minimum absolute atomic E-state index is 0.236. The normalized spacial score (nSPS) is 14.1. The van der Waals surface area contributed by atoms with Gasteiger partial charge in [-0.1, -0.05) is 30.3 Å². The van der Waals surface area contributed by atoms with Crippen molar-refractivity contribution >= 4 is 17.7 Å². The zero-order valence-electron chi connectivity index (χ0n) is 11.7. The Balaban J connectivity index is 1.89. The van der Waals surface area contributed by atoms with Crippen LogP contribution in [0.2, 0.25) is 0 Å². The van der Waals surface area contributed by atoms with E-state index in [1.807, 2.05) is 30.3 Å². The summed E-state index contributed by atoms with van der Waals surface area (Å²) in [5.74, 6) is 0.975. The number of aryl methyl sites for hydroxylation is 1. The average molecular weight is 300 g/mol. The molecule has 0 bridgehead atoms. The Bertz CT molecular complexity index is 669. The SMILES string of the molecule is Cc1nc(C2CC2)nc(SCc2ccccc2)c1C(=O)O. The molecule has 0 saturated heterocycles. The Kier molecular flexibility index (Phi) is 3.92. The molecule has 0 radical (unpaired) electrons. The van der Waals surface area contributed by atoms with Crippen molar-refractivity contribution in [1.82, 2.24) is 9.97 Å². The average Bonchev–Trinajstić information content (AvgIpc) is 3.29. The van der Waals surface area contributed by atoms with Gasteiger partial charge in [0.1, 0.15) is 16.4 Å². The van der Waals surface area contributed by atoms with E-state index in [1.165, 1.54) is 11.8 Å². The van der Waals surface area contributed by atoms with Crippen LogP contribution in [-0.4, -0.2) is 21.0 Å². The van der Waals surface area contributed by atoms with Gasteiger partial charge in [-0.25, -0.2) is 14.8 Å². The van der Waals surface area contributed by atoms with E-state index in [1.54, 1.807) is 6.92 Å².